The summed E-state index contributed by atoms with van der Waals surface area (Å²) in [5, 5.41) is 8.59. The summed E-state index contributed by atoms with van der Waals surface area (Å²) >= 11 is 0. The quantitative estimate of drug-likeness (QED) is 0.659. The Bertz CT molecular complexity index is 447. The second-order valence-electron chi connectivity index (χ2n) is 3.31. The maximum Gasteiger partial charge on any atom is 0.0727 e. The molecule has 1 aromatic carbocycles. The lowest BCUT2D eigenvalue weighted by Gasteiger charge is -1.99. The van der Waals surface area contributed by atoms with Crippen molar-refractivity contribution in [1.82, 2.24) is 10.2 Å². The van der Waals surface area contributed by atoms with Gasteiger partial charge in [-0.2, -0.15) is 5.10 Å². The molecule has 1 aliphatic rings. The molecule has 0 saturated carbocycles. The Labute approximate surface area is 75.7 Å². The zero-order valence-electron chi connectivity index (χ0n) is 7.21. The van der Waals surface area contributed by atoms with Crippen LogP contribution in [0.2, 0.25) is 0 Å². The second-order valence-corrected chi connectivity index (χ2v) is 3.31. The number of nitrogens with one attached hydrogen (secondary N) is 1. The number of hydrogen-bond acceptors (Lipinski definition) is 2. The molecule has 0 unspecified atom stereocenters. The van der Waals surface area contributed by atoms with Crippen molar-refractivity contribution in [1.29, 1.82) is 0 Å². The fraction of sp³-hybridized carbons (Fsp3) is 0.300. The largest absolute Gasteiger partial charge is 0.376 e. The number of aromatic nitrogens is 2. The average Bonchev–Trinajstić information content (AvgIpc) is 2.44. The Balaban J connectivity index is 2.40. The molecule has 13 heavy (non-hydrogen) atoms. The first-order valence-corrected chi connectivity index (χ1v) is 4.48. The van der Waals surface area contributed by atoms with Gasteiger partial charge in [0.05, 0.1) is 24.4 Å². The third kappa shape index (κ3) is 0.971. The maximum absolute atomic E-state index is 5.47. The second kappa shape index (κ2) is 2.57. The van der Waals surface area contributed by atoms with Crippen LogP contribution in [0.4, 0.5) is 0 Å². The van der Waals surface area contributed by atoms with Crippen molar-refractivity contribution in [3.05, 3.63) is 29.5 Å². The van der Waals surface area contributed by atoms with E-state index in [-0.39, 0.29) is 0 Å². The van der Waals surface area contributed by atoms with Gasteiger partial charge in [0, 0.05) is 11.8 Å². The lowest BCUT2D eigenvalue weighted by Crippen LogP contribution is -1.94. The van der Waals surface area contributed by atoms with Crippen LogP contribution in [0.1, 0.15) is 11.3 Å². The molecular weight excluding hydrogens is 164 g/mol. The van der Waals surface area contributed by atoms with Crippen LogP contribution in [0.25, 0.3) is 10.9 Å². The normalized spacial score (nSPS) is 16.0. The van der Waals surface area contributed by atoms with Gasteiger partial charge in [0.15, 0.2) is 0 Å². The van der Waals surface area contributed by atoms with E-state index in [0.717, 1.165) is 24.2 Å². The number of nitrogens with zero attached hydrogens (tertiary/aromatic N) is 1. The SMILES string of the molecule is c1cc2c3c(n[nH]c3c1)CCOC2. The average molecular weight is 174 g/mol. The van der Waals surface area contributed by atoms with Crippen LogP contribution in [0.5, 0.6) is 0 Å². The van der Waals surface area contributed by atoms with Gasteiger partial charge in [-0.25, -0.2) is 0 Å². The third-order valence-corrected chi connectivity index (χ3v) is 2.49. The van der Waals surface area contributed by atoms with Crippen LogP contribution in [0, 0.1) is 0 Å². The molecule has 0 fully saturated rings. The summed E-state index contributed by atoms with van der Waals surface area (Å²) < 4.78 is 5.47. The summed E-state index contributed by atoms with van der Waals surface area (Å²) in [6, 6.07) is 6.20. The fourth-order valence-corrected chi connectivity index (χ4v) is 1.87. The molecule has 0 radical (unpaired) electrons. The molecule has 0 spiro atoms. The molecule has 3 rings (SSSR count). The number of ether oxygens (including phenoxy) is 1. The molecule has 0 aliphatic carbocycles. The highest BCUT2D eigenvalue weighted by Gasteiger charge is 2.12. The van der Waals surface area contributed by atoms with E-state index in [2.05, 4.69) is 22.3 Å². The standard InChI is InChI=1S/C10H10N2O/c1-2-7-6-13-5-4-9-10(7)8(3-1)11-12-9/h1-3H,4-6H2,(H,11,12). The molecule has 2 aromatic rings. The summed E-state index contributed by atoms with van der Waals surface area (Å²) in [5.74, 6) is 0. The van der Waals surface area contributed by atoms with Gasteiger partial charge in [-0.05, 0) is 11.6 Å². The number of rotatable bonds is 0. The summed E-state index contributed by atoms with van der Waals surface area (Å²) in [6.45, 7) is 1.48. The molecule has 1 aliphatic heterocycles. The predicted octanol–water partition coefficient (Wildman–Crippen LogP) is 1.64. The van der Waals surface area contributed by atoms with Crippen molar-refractivity contribution in [3.63, 3.8) is 0 Å². The van der Waals surface area contributed by atoms with Crippen molar-refractivity contribution in [3.8, 4) is 0 Å². The molecule has 0 atom stereocenters. The molecule has 3 nitrogen and oxygen atoms in total. The van der Waals surface area contributed by atoms with Crippen molar-refractivity contribution < 1.29 is 4.74 Å². The van der Waals surface area contributed by atoms with Gasteiger partial charge >= 0.3 is 0 Å². The van der Waals surface area contributed by atoms with Crippen LogP contribution >= 0.6 is 0 Å². The van der Waals surface area contributed by atoms with E-state index in [1.54, 1.807) is 0 Å². The number of benzene rings is 1. The molecule has 1 N–H and O–H groups in total. The minimum absolute atomic E-state index is 0.712. The molecule has 0 saturated heterocycles. The molecule has 0 amide bonds. The first-order chi connectivity index (χ1) is 6.45. The van der Waals surface area contributed by atoms with Crippen molar-refractivity contribution in [2.75, 3.05) is 6.61 Å². The Hall–Kier alpha value is -1.35. The molecule has 0 bridgehead atoms. The number of aromatic amines is 1. The zero-order chi connectivity index (χ0) is 8.67. The Kier molecular flexibility index (Phi) is 1.40. The monoisotopic (exact) mass is 174 g/mol. The molecular formula is C10H10N2O. The minimum atomic E-state index is 0.712. The van der Waals surface area contributed by atoms with E-state index >= 15 is 0 Å². The Morgan fingerprint density at radius 3 is 3.38 bits per heavy atom. The van der Waals surface area contributed by atoms with E-state index in [1.807, 2.05) is 6.07 Å². The Morgan fingerprint density at radius 2 is 2.38 bits per heavy atom. The first kappa shape index (κ1) is 7.09. The van der Waals surface area contributed by atoms with Crippen LogP contribution in [0.15, 0.2) is 18.2 Å². The summed E-state index contributed by atoms with van der Waals surface area (Å²) in [7, 11) is 0. The lowest BCUT2D eigenvalue weighted by molar-refractivity contribution is 0.127. The van der Waals surface area contributed by atoms with E-state index in [1.165, 1.54) is 10.9 Å². The van der Waals surface area contributed by atoms with Gasteiger partial charge < -0.3 is 4.74 Å². The summed E-state index contributed by atoms with van der Waals surface area (Å²) in [5.41, 5.74) is 3.51. The molecule has 3 heteroatoms. The topological polar surface area (TPSA) is 37.9 Å². The van der Waals surface area contributed by atoms with Crippen LogP contribution < -0.4 is 0 Å². The highest BCUT2D eigenvalue weighted by molar-refractivity contribution is 5.85. The van der Waals surface area contributed by atoms with Gasteiger partial charge in [0.1, 0.15) is 0 Å². The first-order valence-electron chi connectivity index (χ1n) is 4.48. The summed E-state index contributed by atoms with van der Waals surface area (Å²) in [6.07, 6.45) is 0.914. The maximum atomic E-state index is 5.47. The van der Waals surface area contributed by atoms with Gasteiger partial charge in [0.2, 0.25) is 0 Å². The van der Waals surface area contributed by atoms with Gasteiger partial charge in [-0.3, -0.25) is 5.10 Å². The van der Waals surface area contributed by atoms with Crippen molar-refractivity contribution in [2.45, 2.75) is 13.0 Å². The van der Waals surface area contributed by atoms with Crippen LogP contribution in [-0.4, -0.2) is 16.8 Å². The summed E-state index contributed by atoms with van der Waals surface area (Å²) in [4.78, 5) is 0. The van der Waals surface area contributed by atoms with Crippen molar-refractivity contribution in [2.24, 2.45) is 0 Å². The minimum Gasteiger partial charge on any atom is -0.376 e. The van der Waals surface area contributed by atoms with Crippen LogP contribution in [-0.2, 0) is 17.8 Å². The number of hydrogen-bond donors (Lipinski definition) is 1. The Morgan fingerprint density at radius 1 is 1.38 bits per heavy atom. The third-order valence-electron chi connectivity index (χ3n) is 2.49. The van der Waals surface area contributed by atoms with Gasteiger partial charge in [-0.15, -0.1) is 0 Å². The fourth-order valence-electron chi connectivity index (χ4n) is 1.87. The van der Waals surface area contributed by atoms with E-state index in [0.29, 0.717) is 6.61 Å². The van der Waals surface area contributed by atoms with Crippen LogP contribution in [0.3, 0.4) is 0 Å². The van der Waals surface area contributed by atoms with E-state index in [4.69, 9.17) is 4.74 Å². The van der Waals surface area contributed by atoms with E-state index < -0.39 is 0 Å². The highest BCUT2D eigenvalue weighted by atomic mass is 16.5. The highest BCUT2D eigenvalue weighted by Crippen LogP contribution is 2.23. The van der Waals surface area contributed by atoms with Crippen molar-refractivity contribution >= 4 is 10.9 Å². The predicted molar refractivity (Wildman–Crippen MR) is 49.5 cm³/mol. The molecule has 1 aromatic heterocycles. The van der Waals surface area contributed by atoms with Gasteiger partial charge in [-0.1, -0.05) is 12.1 Å². The smallest absolute Gasteiger partial charge is 0.0727 e. The molecule has 2 heterocycles. The van der Waals surface area contributed by atoms with E-state index in [9.17, 15) is 0 Å². The van der Waals surface area contributed by atoms with Gasteiger partial charge in [0.25, 0.3) is 0 Å². The lowest BCUT2D eigenvalue weighted by atomic mass is 10.1. The number of H-pyrrole nitrogens is 1. The molecule has 66 valence electrons. The zero-order valence-corrected chi connectivity index (χ0v) is 7.21.